The Bertz CT molecular complexity index is 692. The van der Waals surface area contributed by atoms with Gasteiger partial charge in [-0.1, -0.05) is 5.16 Å². The van der Waals surface area contributed by atoms with Gasteiger partial charge in [-0.05, 0) is 65.6 Å². The Kier molecular flexibility index (Phi) is 5.72. The quantitative estimate of drug-likeness (QED) is 0.603. The first-order chi connectivity index (χ1) is 13.3. The Hall–Kier alpha value is -1.13. The molecule has 3 fully saturated rings. The second-order valence-electron chi connectivity index (χ2n) is 8.77. The van der Waals surface area contributed by atoms with E-state index in [1.165, 1.54) is 0 Å². The van der Waals surface area contributed by atoms with Crippen molar-refractivity contribution >= 4 is 16.7 Å². The van der Waals surface area contributed by atoms with Crippen molar-refractivity contribution in [2.45, 2.75) is 69.0 Å². The van der Waals surface area contributed by atoms with Gasteiger partial charge in [0, 0.05) is 30.1 Å². The Morgan fingerprint density at radius 2 is 1.96 bits per heavy atom. The predicted molar refractivity (Wildman–Crippen MR) is 109 cm³/mol. The first-order valence-electron chi connectivity index (χ1n) is 10.3. The molecule has 1 amide bonds. The van der Waals surface area contributed by atoms with Crippen LogP contribution in [0.1, 0.15) is 67.1 Å². The van der Waals surface area contributed by atoms with Crippen LogP contribution in [0.15, 0.2) is 10.6 Å². The van der Waals surface area contributed by atoms with E-state index in [2.05, 4.69) is 15.4 Å². The number of hydrogen-bond acceptors (Lipinski definition) is 7. The van der Waals surface area contributed by atoms with Crippen LogP contribution in [0, 0.1) is 0 Å². The maximum atomic E-state index is 12.5. The minimum atomic E-state index is -2.75. The lowest BCUT2D eigenvalue weighted by atomic mass is 9.99. The summed E-state index contributed by atoms with van der Waals surface area (Å²) in [6, 6.07) is 2.04. The normalized spacial score (nSPS) is 28.7. The van der Waals surface area contributed by atoms with E-state index in [1.54, 1.807) is 6.07 Å². The molecule has 28 heavy (non-hydrogen) atoms. The highest BCUT2D eigenvalue weighted by molar-refractivity contribution is 8.22. The maximum Gasteiger partial charge on any atom is 0.273 e. The molecule has 8 nitrogen and oxygen atoms in total. The molecule has 1 aromatic rings. The summed E-state index contributed by atoms with van der Waals surface area (Å²) in [7, 11) is 1.23. The van der Waals surface area contributed by atoms with Crippen molar-refractivity contribution in [1.29, 1.82) is 0 Å². The van der Waals surface area contributed by atoms with Gasteiger partial charge >= 0.3 is 0 Å². The van der Waals surface area contributed by atoms with Crippen molar-refractivity contribution in [3.8, 4) is 0 Å². The summed E-state index contributed by atoms with van der Waals surface area (Å²) >= 11 is 0. The molecule has 0 spiro atoms. The third-order valence-electron chi connectivity index (χ3n) is 6.10. The highest BCUT2D eigenvalue weighted by Crippen LogP contribution is 2.54. The molecule has 3 N–H and O–H groups in total. The molecule has 2 saturated heterocycles. The third-order valence-corrected chi connectivity index (χ3v) is 8.21. The number of carbonyl (C=O) groups is 1. The third kappa shape index (κ3) is 4.38. The molecular weight excluding hydrogens is 380 g/mol. The second kappa shape index (κ2) is 7.95. The molecule has 0 aromatic carbocycles. The van der Waals surface area contributed by atoms with Crippen LogP contribution >= 0.6 is 10.8 Å². The molecule has 4 rings (SSSR count). The van der Waals surface area contributed by atoms with Crippen LogP contribution in [-0.4, -0.2) is 73.9 Å². The van der Waals surface area contributed by atoms with Gasteiger partial charge in [0.15, 0.2) is 5.69 Å². The summed E-state index contributed by atoms with van der Waals surface area (Å²) in [6.07, 6.45) is 6.39. The van der Waals surface area contributed by atoms with Crippen molar-refractivity contribution in [2.75, 3.05) is 26.4 Å². The molecule has 1 saturated carbocycles. The molecule has 158 valence electrons. The van der Waals surface area contributed by atoms with Crippen LogP contribution in [0.4, 0.5) is 0 Å². The molecular formula is C19H32N4O4S. The van der Waals surface area contributed by atoms with Gasteiger partial charge in [0.1, 0.15) is 5.76 Å². The van der Waals surface area contributed by atoms with E-state index in [0.29, 0.717) is 17.4 Å². The van der Waals surface area contributed by atoms with Crippen molar-refractivity contribution in [1.82, 2.24) is 19.7 Å². The number of amides is 1. The fraction of sp³-hybridized carbons (Fsp3) is 0.789. The van der Waals surface area contributed by atoms with Gasteiger partial charge in [-0.15, -0.1) is 10.8 Å². The van der Waals surface area contributed by atoms with E-state index in [-0.39, 0.29) is 24.0 Å². The van der Waals surface area contributed by atoms with Crippen LogP contribution in [0.25, 0.3) is 0 Å². The van der Waals surface area contributed by atoms with Crippen LogP contribution in [-0.2, 0) is 0 Å². The Labute approximate surface area is 168 Å². The van der Waals surface area contributed by atoms with E-state index < -0.39 is 10.8 Å². The van der Waals surface area contributed by atoms with Gasteiger partial charge in [-0.3, -0.25) is 13.9 Å². The van der Waals surface area contributed by atoms with Crippen LogP contribution < -0.4 is 5.32 Å². The standard InChI is InChI=1S/C19H32N4O4S/c1-22(2)8-3-9-28(25,26)23-15-6-7-16(23)11-14(10-15)20-19(24)17-12-18(27-21-17)13-4-5-13/h12-16,25-26H,3-11H2,1-2H3,(H,20,24)/t14?,15-,16+. The molecule has 2 aliphatic heterocycles. The highest BCUT2D eigenvalue weighted by Gasteiger charge is 2.46. The zero-order valence-electron chi connectivity index (χ0n) is 16.7. The van der Waals surface area contributed by atoms with Crippen LogP contribution in [0.2, 0.25) is 0 Å². The monoisotopic (exact) mass is 412 g/mol. The van der Waals surface area contributed by atoms with Crippen molar-refractivity contribution in [2.24, 2.45) is 0 Å². The lowest BCUT2D eigenvalue weighted by Gasteiger charge is -2.50. The Morgan fingerprint density at radius 1 is 1.29 bits per heavy atom. The lowest BCUT2D eigenvalue weighted by Crippen LogP contribution is -2.51. The summed E-state index contributed by atoms with van der Waals surface area (Å²) < 4.78 is 28.8. The molecule has 1 aliphatic carbocycles. The summed E-state index contributed by atoms with van der Waals surface area (Å²) in [5.41, 5.74) is 0.352. The summed E-state index contributed by atoms with van der Waals surface area (Å²) in [4.78, 5) is 14.6. The van der Waals surface area contributed by atoms with Crippen molar-refractivity contribution < 1.29 is 18.4 Å². The summed E-state index contributed by atoms with van der Waals surface area (Å²) in [6.45, 7) is 0.846. The van der Waals surface area contributed by atoms with Gasteiger partial charge in [0.25, 0.3) is 5.91 Å². The van der Waals surface area contributed by atoms with E-state index in [4.69, 9.17) is 4.52 Å². The average Bonchev–Trinajstić information content (AvgIpc) is 3.27. The van der Waals surface area contributed by atoms with Gasteiger partial charge in [-0.25, -0.2) is 4.31 Å². The first kappa shape index (κ1) is 20.2. The number of nitrogens with zero attached hydrogens (tertiary/aromatic N) is 3. The summed E-state index contributed by atoms with van der Waals surface area (Å²) in [5, 5.41) is 7.01. The molecule has 0 radical (unpaired) electrons. The van der Waals surface area contributed by atoms with Crippen LogP contribution in [0.3, 0.4) is 0 Å². The molecule has 3 aliphatic rings. The van der Waals surface area contributed by atoms with Gasteiger partial charge in [-0.2, -0.15) is 0 Å². The molecule has 3 atom stereocenters. The van der Waals surface area contributed by atoms with Gasteiger partial charge in [0.05, 0.1) is 5.75 Å². The minimum Gasteiger partial charge on any atom is -0.360 e. The highest BCUT2D eigenvalue weighted by atomic mass is 32.3. The lowest BCUT2D eigenvalue weighted by molar-refractivity contribution is 0.0897. The zero-order chi connectivity index (χ0) is 19.9. The Balaban J connectivity index is 1.33. The summed E-state index contributed by atoms with van der Waals surface area (Å²) in [5.74, 6) is 1.47. The number of nitrogens with one attached hydrogen (secondary N) is 1. The number of fused-ring (bicyclic) bond motifs is 2. The van der Waals surface area contributed by atoms with Crippen molar-refractivity contribution in [3.05, 3.63) is 17.5 Å². The second-order valence-corrected chi connectivity index (χ2v) is 10.9. The van der Waals surface area contributed by atoms with Gasteiger partial charge < -0.3 is 14.7 Å². The predicted octanol–water partition coefficient (Wildman–Crippen LogP) is 2.89. The van der Waals surface area contributed by atoms with Gasteiger partial charge in [0.2, 0.25) is 0 Å². The number of carbonyl (C=O) groups excluding carboxylic acids is 1. The smallest absolute Gasteiger partial charge is 0.273 e. The van der Waals surface area contributed by atoms with E-state index >= 15 is 0 Å². The van der Waals surface area contributed by atoms with E-state index in [0.717, 1.165) is 57.3 Å². The average molecular weight is 413 g/mol. The van der Waals surface area contributed by atoms with Crippen molar-refractivity contribution in [3.63, 3.8) is 0 Å². The molecule has 1 aromatic heterocycles. The van der Waals surface area contributed by atoms with E-state index in [1.807, 2.05) is 18.4 Å². The fourth-order valence-corrected chi connectivity index (χ4v) is 6.69. The molecule has 9 heteroatoms. The SMILES string of the molecule is CN(C)CCCS(O)(O)N1[C@@H]2CC[C@H]1CC(NC(=O)c1cc(C3CC3)on1)C2. The molecule has 1 unspecified atom stereocenters. The number of hydrogen-bond donors (Lipinski definition) is 3. The maximum absolute atomic E-state index is 12.5. The van der Waals surface area contributed by atoms with E-state index in [9.17, 15) is 13.9 Å². The topological polar surface area (TPSA) is 102 Å². The number of piperidine rings is 1. The minimum absolute atomic E-state index is 0.0410. The largest absolute Gasteiger partial charge is 0.360 e. The zero-order valence-corrected chi connectivity index (χ0v) is 17.5. The van der Waals surface area contributed by atoms with Crippen LogP contribution in [0.5, 0.6) is 0 Å². The number of aromatic nitrogens is 1. The fourth-order valence-electron chi connectivity index (χ4n) is 4.63. The molecule has 3 heterocycles. The molecule has 2 bridgehead atoms. The first-order valence-corrected chi connectivity index (χ1v) is 12.0. The Morgan fingerprint density at radius 3 is 2.57 bits per heavy atom. The number of rotatable bonds is 8.